The Bertz CT molecular complexity index is 341. The lowest BCUT2D eigenvalue weighted by Crippen LogP contribution is -2.23. The molecule has 1 aromatic heterocycles. The van der Waals surface area contributed by atoms with Gasteiger partial charge in [0, 0.05) is 11.9 Å². The van der Waals surface area contributed by atoms with Gasteiger partial charge in [-0.3, -0.25) is 4.79 Å². The summed E-state index contributed by atoms with van der Waals surface area (Å²) in [5, 5.41) is 12.9. The molecule has 1 amide bonds. The van der Waals surface area contributed by atoms with Crippen LogP contribution in [0.1, 0.15) is 15.5 Å². The molecule has 6 heteroatoms. The van der Waals surface area contributed by atoms with Crippen LogP contribution in [0.2, 0.25) is 0 Å². The lowest BCUT2D eigenvalue weighted by atomic mass is 10.4. The van der Waals surface area contributed by atoms with Crippen LogP contribution in [0.4, 0.5) is 0 Å². The van der Waals surface area contributed by atoms with Crippen molar-refractivity contribution in [3.63, 3.8) is 0 Å². The van der Waals surface area contributed by atoms with Crippen molar-refractivity contribution in [3.05, 3.63) is 16.1 Å². The molecule has 0 fully saturated rings. The second-order valence-electron chi connectivity index (χ2n) is 2.17. The molecule has 0 bridgehead atoms. The third kappa shape index (κ3) is 2.50. The van der Waals surface area contributed by atoms with E-state index in [1.165, 1.54) is 11.3 Å². The summed E-state index contributed by atoms with van der Waals surface area (Å²) in [6.45, 7) is 0.324. The number of aromatic nitrogens is 1. The Labute approximate surface area is 79.2 Å². The van der Waals surface area contributed by atoms with E-state index in [1.54, 1.807) is 5.38 Å². The molecule has 3 N–H and O–H groups in total. The zero-order valence-electron chi connectivity index (χ0n) is 6.78. The zero-order valence-corrected chi connectivity index (χ0v) is 7.60. The summed E-state index contributed by atoms with van der Waals surface area (Å²) in [6, 6.07) is 1.81. The Morgan fingerprint density at radius 3 is 3.15 bits per heavy atom. The van der Waals surface area contributed by atoms with Crippen LogP contribution < -0.4 is 11.1 Å². The van der Waals surface area contributed by atoms with E-state index >= 15 is 0 Å². The third-order valence-corrected chi connectivity index (χ3v) is 2.16. The summed E-state index contributed by atoms with van der Waals surface area (Å²) >= 11 is 1.33. The van der Waals surface area contributed by atoms with Gasteiger partial charge in [-0.2, -0.15) is 5.26 Å². The molecule has 0 atom stereocenters. The van der Waals surface area contributed by atoms with E-state index < -0.39 is 0 Å². The van der Waals surface area contributed by atoms with Gasteiger partial charge >= 0.3 is 0 Å². The topological polar surface area (TPSA) is 91.8 Å². The van der Waals surface area contributed by atoms with Crippen molar-refractivity contribution >= 4 is 17.2 Å². The molecule has 0 saturated carbocycles. The van der Waals surface area contributed by atoms with E-state index in [2.05, 4.69) is 10.3 Å². The number of nitrogens with zero attached hydrogens (tertiary/aromatic N) is 2. The van der Waals surface area contributed by atoms with E-state index in [9.17, 15) is 4.79 Å². The van der Waals surface area contributed by atoms with E-state index in [0.29, 0.717) is 17.2 Å². The summed E-state index contributed by atoms with van der Waals surface area (Å²) in [5.74, 6) is -0.336. The summed E-state index contributed by atoms with van der Waals surface area (Å²) in [4.78, 5) is 15.1. The van der Waals surface area contributed by atoms with Gasteiger partial charge in [0.05, 0.1) is 6.07 Å². The first-order chi connectivity index (χ1) is 6.27. The molecule has 68 valence electrons. The highest BCUT2D eigenvalue weighted by molar-refractivity contribution is 7.09. The molecule has 5 nitrogen and oxygen atoms in total. The number of nitrogens with two attached hydrogens (primary N) is 1. The largest absolute Gasteiger partial charge is 0.338 e. The number of rotatable bonds is 3. The minimum Gasteiger partial charge on any atom is -0.338 e. The van der Waals surface area contributed by atoms with Crippen molar-refractivity contribution in [1.29, 1.82) is 5.26 Å². The molecule has 0 unspecified atom stereocenters. The van der Waals surface area contributed by atoms with Gasteiger partial charge < -0.3 is 11.1 Å². The van der Waals surface area contributed by atoms with Crippen molar-refractivity contribution in [2.24, 2.45) is 5.73 Å². The number of hydrogen-bond acceptors (Lipinski definition) is 5. The average Bonchev–Trinajstić information content (AvgIpc) is 2.62. The highest BCUT2D eigenvalue weighted by atomic mass is 32.1. The van der Waals surface area contributed by atoms with Gasteiger partial charge in [0.1, 0.15) is 17.2 Å². The quantitative estimate of drug-likeness (QED) is 0.658. The maximum absolute atomic E-state index is 11.2. The van der Waals surface area contributed by atoms with E-state index in [-0.39, 0.29) is 12.5 Å². The number of carbonyl (C=O) groups excluding carboxylic acids is 1. The molecule has 0 aliphatic carbocycles. The molecule has 1 aromatic rings. The predicted molar refractivity (Wildman–Crippen MR) is 48.0 cm³/mol. The van der Waals surface area contributed by atoms with Gasteiger partial charge in [-0.05, 0) is 0 Å². The minimum atomic E-state index is -0.336. The average molecular weight is 196 g/mol. The Morgan fingerprint density at radius 1 is 1.85 bits per heavy atom. The van der Waals surface area contributed by atoms with Crippen molar-refractivity contribution < 1.29 is 4.79 Å². The summed E-state index contributed by atoms with van der Waals surface area (Å²) in [6.07, 6.45) is 0. The van der Waals surface area contributed by atoms with Gasteiger partial charge in [0.2, 0.25) is 0 Å². The zero-order chi connectivity index (χ0) is 9.68. The molecular weight excluding hydrogens is 188 g/mol. The number of thiazole rings is 1. The number of hydrogen-bond donors (Lipinski definition) is 2. The Morgan fingerprint density at radius 2 is 2.62 bits per heavy atom. The number of nitriles is 1. The van der Waals surface area contributed by atoms with E-state index in [4.69, 9.17) is 11.0 Å². The second kappa shape index (κ2) is 4.54. The molecule has 0 saturated heterocycles. The third-order valence-electron chi connectivity index (χ3n) is 1.29. The molecular formula is C7H8N4OS. The monoisotopic (exact) mass is 196 g/mol. The smallest absolute Gasteiger partial charge is 0.271 e. The first-order valence-corrected chi connectivity index (χ1v) is 4.45. The molecule has 13 heavy (non-hydrogen) atoms. The fraction of sp³-hybridized carbons (Fsp3) is 0.286. The molecule has 1 rings (SSSR count). The van der Waals surface area contributed by atoms with Gasteiger partial charge in [-0.15, -0.1) is 11.3 Å². The molecule has 0 spiro atoms. The van der Waals surface area contributed by atoms with Gasteiger partial charge in [-0.1, -0.05) is 0 Å². The standard InChI is InChI=1S/C7H8N4OS/c8-1-2-10-7(12)5-4-13-6(3-9)11-5/h4H,2-3,9H2,(H,10,12). The maximum atomic E-state index is 11.2. The van der Waals surface area contributed by atoms with Crippen LogP contribution in [0.15, 0.2) is 5.38 Å². The second-order valence-corrected chi connectivity index (χ2v) is 3.11. The fourth-order valence-corrected chi connectivity index (χ4v) is 1.37. The lowest BCUT2D eigenvalue weighted by molar-refractivity contribution is 0.0954. The first-order valence-electron chi connectivity index (χ1n) is 3.57. The maximum Gasteiger partial charge on any atom is 0.271 e. The van der Waals surface area contributed by atoms with Gasteiger partial charge in [0.25, 0.3) is 5.91 Å². The molecule has 0 aromatic carbocycles. The Hall–Kier alpha value is -1.45. The first kappa shape index (κ1) is 9.64. The number of carbonyl (C=O) groups is 1. The Balaban J connectivity index is 2.62. The number of nitrogens with one attached hydrogen (secondary N) is 1. The Kier molecular flexibility index (Phi) is 3.37. The highest BCUT2D eigenvalue weighted by Gasteiger charge is 2.08. The normalized spacial score (nSPS) is 9.23. The lowest BCUT2D eigenvalue weighted by Gasteiger charge is -1.94. The van der Waals surface area contributed by atoms with E-state index in [0.717, 1.165) is 0 Å². The SMILES string of the molecule is N#CCNC(=O)c1csc(CN)n1. The van der Waals surface area contributed by atoms with Crippen LogP contribution in [0.3, 0.4) is 0 Å². The van der Waals surface area contributed by atoms with Crippen LogP contribution in [0, 0.1) is 11.3 Å². The fourth-order valence-electron chi connectivity index (χ4n) is 0.719. The van der Waals surface area contributed by atoms with Crippen molar-refractivity contribution in [2.45, 2.75) is 6.54 Å². The van der Waals surface area contributed by atoms with Gasteiger partial charge in [0.15, 0.2) is 0 Å². The van der Waals surface area contributed by atoms with Crippen LogP contribution in [0.5, 0.6) is 0 Å². The minimum absolute atomic E-state index is 0.00564. The number of amides is 1. The van der Waals surface area contributed by atoms with Crippen molar-refractivity contribution in [1.82, 2.24) is 10.3 Å². The highest BCUT2D eigenvalue weighted by Crippen LogP contribution is 2.08. The van der Waals surface area contributed by atoms with Gasteiger partial charge in [-0.25, -0.2) is 4.98 Å². The summed E-state index contributed by atoms with van der Waals surface area (Å²) in [5.41, 5.74) is 5.65. The molecule has 0 aliphatic heterocycles. The van der Waals surface area contributed by atoms with Crippen molar-refractivity contribution in [2.75, 3.05) is 6.54 Å². The van der Waals surface area contributed by atoms with Crippen LogP contribution in [-0.4, -0.2) is 17.4 Å². The van der Waals surface area contributed by atoms with Crippen molar-refractivity contribution in [3.8, 4) is 6.07 Å². The summed E-state index contributed by atoms with van der Waals surface area (Å²) < 4.78 is 0. The molecule has 0 aliphatic rings. The van der Waals surface area contributed by atoms with Crippen LogP contribution >= 0.6 is 11.3 Å². The summed E-state index contributed by atoms with van der Waals surface area (Å²) in [7, 11) is 0. The predicted octanol–water partition coefficient (Wildman–Crippen LogP) is -0.145. The molecule has 1 heterocycles. The van der Waals surface area contributed by atoms with Crippen LogP contribution in [-0.2, 0) is 6.54 Å². The molecule has 0 radical (unpaired) electrons. The van der Waals surface area contributed by atoms with Crippen LogP contribution in [0.25, 0.3) is 0 Å². The van der Waals surface area contributed by atoms with E-state index in [1.807, 2.05) is 6.07 Å².